The lowest BCUT2D eigenvalue weighted by molar-refractivity contribution is -0.0350. The van der Waals surface area contributed by atoms with E-state index in [1.807, 2.05) is 0 Å². The monoisotopic (exact) mass is 308 g/mol. The van der Waals surface area contributed by atoms with Gasteiger partial charge in [-0.25, -0.2) is 0 Å². The standard InChI is InChI=1S/C16H30B2O4/c1-13(2)14(3,4)20-17(19-13)18-21-15(5,6)16(7,22-18)11-12-9-8-10-12/h12H,8-11H2,1-7H3. The molecular weight excluding hydrogens is 278 g/mol. The average Bonchev–Trinajstić information content (AvgIpc) is 2.66. The van der Waals surface area contributed by atoms with Crippen LogP contribution in [-0.2, 0) is 18.6 Å². The van der Waals surface area contributed by atoms with Crippen LogP contribution in [-0.4, -0.2) is 36.4 Å². The van der Waals surface area contributed by atoms with Crippen LogP contribution in [0.3, 0.4) is 0 Å². The summed E-state index contributed by atoms with van der Waals surface area (Å²) in [6.45, 7) is 14.6. The Labute approximate surface area is 135 Å². The lowest BCUT2D eigenvalue weighted by atomic mass is 9.49. The Morgan fingerprint density at radius 1 is 0.727 bits per heavy atom. The normalized spacial score (nSPS) is 36.7. The van der Waals surface area contributed by atoms with Crippen molar-refractivity contribution in [2.45, 2.75) is 96.6 Å². The maximum atomic E-state index is 6.37. The van der Waals surface area contributed by atoms with E-state index in [0.717, 1.165) is 12.3 Å². The van der Waals surface area contributed by atoms with Crippen molar-refractivity contribution in [2.24, 2.45) is 5.92 Å². The third-order valence-electron chi connectivity index (χ3n) is 6.46. The van der Waals surface area contributed by atoms with Gasteiger partial charge in [0.2, 0.25) is 0 Å². The fourth-order valence-corrected chi connectivity index (χ4v) is 3.49. The highest BCUT2D eigenvalue weighted by Crippen LogP contribution is 2.47. The molecule has 0 N–H and O–H groups in total. The van der Waals surface area contributed by atoms with E-state index in [1.54, 1.807) is 0 Å². The summed E-state index contributed by atoms with van der Waals surface area (Å²) in [5.41, 5.74) is -1.34. The molecular formula is C16H30B2O4. The van der Waals surface area contributed by atoms with Crippen molar-refractivity contribution in [1.82, 2.24) is 0 Å². The third-order valence-corrected chi connectivity index (χ3v) is 6.46. The van der Waals surface area contributed by atoms with E-state index in [9.17, 15) is 0 Å². The maximum absolute atomic E-state index is 6.37. The first kappa shape index (κ1) is 16.8. The molecule has 2 heterocycles. The third kappa shape index (κ3) is 2.56. The first-order chi connectivity index (χ1) is 9.96. The highest BCUT2D eigenvalue weighted by molar-refractivity contribution is 7.11. The second kappa shape index (κ2) is 4.98. The summed E-state index contributed by atoms with van der Waals surface area (Å²) in [7, 11) is -0.923. The van der Waals surface area contributed by atoms with Crippen LogP contribution in [0, 0.1) is 5.92 Å². The Balaban J connectivity index is 1.72. The van der Waals surface area contributed by atoms with E-state index >= 15 is 0 Å². The average molecular weight is 308 g/mol. The SMILES string of the molecule is CC1(C)OB(B2OC(C)(C)C(C)(CC3CCC3)O2)OC1(C)C. The number of hydrogen-bond acceptors (Lipinski definition) is 4. The number of rotatable bonds is 3. The molecule has 124 valence electrons. The largest absolute Gasteiger partial charge is 0.488 e. The Bertz CT molecular complexity index is 431. The fourth-order valence-electron chi connectivity index (χ4n) is 3.49. The van der Waals surface area contributed by atoms with Gasteiger partial charge in [0.25, 0.3) is 0 Å². The molecule has 0 bridgehead atoms. The summed E-state index contributed by atoms with van der Waals surface area (Å²) in [6.07, 6.45) is 5.03. The lowest BCUT2D eigenvalue weighted by Crippen LogP contribution is -2.47. The molecule has 3 fully saturated rings. The molecule has 1 saturated carbocycles. The van der Waals surface area contributed by atoms with E-state index in [1.165, 1.54) is 19.3 Å². The fraction of sp³-hybridized carbons (Fsp3) is 1.00. The van der Waals surface area contributed by atoms with Gasteiger partial charge in [-0.2, -0.15) is 0 Å². The Morgan fingerprint density at radius 3 is 1.64 bits per heavy atom. The molecule has 4 nitrogen and oxygen atoms in total. The van der Waals surface area contributed by atoms with Gasteiger partial charge in [-0.05, 0) is 60.8 Å². The van der Waals surface area contributed by atoms with Crippen molar-refractivity contribution in [3.8, 4) is 0 Å². The van der Waals surface area contributed by atoms with Crippen molar-refractivity contribution < 1.29 is 18.6 Å². The van der Waals surface area contributed by atoms with Crippen LogP contribution in [0.15, 0.2) is 0 Å². The zero-order valence-corrected chi connectivity index (χ0v) is 15.2. The molecule has 1 aliphatic carbocycles. The van der Waals surface area contributed by atoms with Gasteiger partial charge in [0.05, 0.1) is 22.4 Å². The lowest BCUT2D eigenvalue weighted by Gasteiger charge is -2.41. The van der Waals surface area contributed by atoms with Gasteiger partial charge in [0, 0.05) is 0 Å². The second-order valence-corrected chi connectivity index (χ2v) is 8.97. The highest BCUT2D eigenvalue weighted by atomic mass is 16.7. The highest BCUT2D eigenvalue weighted by Gasteiger charge is 2.65. The summed E-state index contributed by atoms with van der Waals surface area (Å²) < 4.78 is 24.8. The smallest absolute Gasteiger partial charge is 0.405 e. The Morgan fingerprint density at radius 2 is 1.18 bits per heavy atom. The van der Waals surface area contributed by atoms with E-state index in [2.05, 4.69) is 48.5 Å². The quantitative estimate of drug-likeness (QED) is 0.749. The van der Waals surface area contributed by atoms with Gasteiger partial charge in [0.1, 0.15) is 0 Å². The molecule has 1 unspecified atom stereocenters. The summed E-state index contributed by atoms with van der Waals surface area (Å²) in [6, 6.07) is 0. The van der Waals surface area contributed by atoms with Crippen molar-refractivity contribution in [1.29, 1.82) is 0 Å². The minimum atomic E-state index is -0.465. The van der Waals surface area contributed by atoms with Gasteiger partial charge >= 0.3 is 14.0 Å². The van der Waals surface area contributed by atoms with Crippen molar-refractivity contribution in [2.75, 3.05) is 0 Å². The van der Waals surface area contributed by atoms with E-state index in [0.29, 0.717) is 0 Å². The minimum absolute atomic E-state index is 0.285. The minimum Gasteiger partial charge on any atom is -0.405 e. The van der Waals surface area contributed by atoms with E-state index < -0.39 is 14.0 Å². The first-order valence-electron chi connectivity index (χ1n) is 8.67. The molecule has 0 aromatic carbocycles. The molecule has 3 aliphatic rings. The predicted octanol–water partition coefficient (Wildman–Crippen LogP) is 3.42. The van der Waals surface area contributed by atoms with Gasteiger partial charge in [0.15, 0.2) is 0 Å². The number of hydrogen-bond donors (Lipinski definition) is 0. The molecule has 0 spiro atoms. The molecule has 0 aromatic rings. The van der Waals surface area contributed by atoms with Gasteiger partial charge in [-0.1, -0.05) is 19.3 Å². The topological polar surface area (TPSA) is 36.9 Å². The van der Waals surface area contributed by atoms with Crippen molar-refractivity contribution >= 4 is 14.0 Å². The first-order valence-corrected chi connectivity index (χ1v) is 8.67. The molecule has 22 heavy (non-hydrogen) atoms. The zero-order valence-electron chi connectivity index (χ0n) is 15.2. The van der Waals surface area contributed by atoms with Crippen LogP contribution in [0.25, 0.3) is 0 Å². The second-order valence-electron chi connectivity index (χ2n) is 8.97. The van der Waals surface area contributed by atoms with E-state index in [4.69, 9.17) is 18.6 Å². The molecule has 0 radical (unpaired) electrons. The molecule has 0 amide bonds. The van der Waals surface area contributed by atoms with Crippen LogP contribution in [0.4, 0.5) is 0 Å². The van der Waals surface area contributed by atoms with Crippen LogP contribution in [0.2, 0.25) is 0 Å². The van der Waals surface area contributed by atoms with Gasteiger partial charge < -0.3 is 18.6 Å². The summed E-state index contributed by atoms with van der Waals surface area (Å²) in [5, 5.41) is 0. The Hall–Kier alpha value is -0.0301. The maximum Gasteiger partial charge on any atom is 0.488 e. The van der Waals surface area contributed by atoms with Crippen molar-refractivity contribution in [3.05, 3.63) is 0 Å². The predicted molar refractivity (Wildman–Crippen MR) is 88.4 cm³/mol. The molecule has 6 heteroatoms. The Kier molecular flexibility index (Phi) is 3.81. The summed E-state index contributed by atoms with van der Waals surface area (Å²) in [4.78, 5) is 0. The van der Waals surface area contributed by atoms with E-state index in [-0.39, 0.29) is 22.4 Å². The van der Waals surface area contributed by atoms with Crippen molar-refractivity contribution in [3.63, 3.8) is 0 Å². The van der Waals surface area contributed by atoms with Crippen LogP contribution >= 0.6 is 0 Å². The molecule has 0 aromatic heterocycles. The van der Waals surface area contributed by atoms with Crippen LogP contribution in [0.1, 0.15) is 74.1 Å². The molecule has 3 rings (SSSR count). The van der Waals surface area contributed by atoms with Crippen LogP contribution in [0.5, 0.6) is 0 Å². The molecule has 2 aliphatic heterocycles. The zero-order chi connectivity index (χ0) is 16.4. The molecule has 1 atom stereocenters. The van der Waals surface area contributed by atoms with Gasteiger partial charge in [-0.15, -0.1) is 0 Å². The molecule has 2 saturated heterocycles. The summed E-state index contributed by atoms with van der Waals surface area (Å²) in [5.74, 6) is 0.768. The summed E-state index contributed by atoms with van der Waals surface area (Å²) >= 11 is 0. The van der Waals surface area contributed by atoms with Crippen LogP contribution < -0.4 is 0 Å². The van der Waals surface area contributed by atoms with Gasteiger partial charge in [-0.3, -0.25) is 0 Å².